The van der Waals surface area contributed by atoms with Crippen molar-refractivity contribution in [2.45, 2.75) is 10.9 Å². The zero-order valence-corrected chi connectivity index (χ0v) is 21.7. The standard InChI is InChI=1S/C23H22ClF2N5O3S2/c1-4-27-23(35-3)29-36(32,33)22-11-17(25)21(10-18(22)26)34-20-6-5-14(24)9-16(20)19-7-8-28-31(19)15-12-30(2)13-15/h4-11,15H,1,12-13H2,2-3H3,(H,27,29). The maximum Gasteiger partial charge on any atom is 0.287 e. The van der Waals surface area contributed by atoms with Crippen LogP contribution in [0.1, 0.15) is 6.04 Å². The van der Waals surface area contributed by atoms with E-state index in [-0.39, 0.29) is 17.0 Å². The predicted octanol–water partition coefficient (Wildman–Crippen LogP) is 4.90. The molecule has 0 radical (unpaired) electrons. The Kier molecular flexibility index (Phi) is 7.69. The predicted molar refractivity (Wildman–Crippen MR) is 137 cm³/mol. The Morgan fingerprint density at radius 1 is 1.25 bits per heavy atom. The lowest BCUT2D eigenvalue weighted by Crippen LogP contribution is -2.45. The van der Waals surface area contributed by atoms with E-state index in [0.717, 1.165) is 24.9 Å². The van der Waals surface area contributed by atoms with Crippen LogP contribution in [0, 0.1) is 11.6 Å². The second kappa shape index (κ2) is 10.6. The van der Waals surface area contributed by atoms with E-state index in [2.05, 4.69) is 26.3 Å². The first-order valence-electron chi connectivity index (χ1n) is 10.6. The van der Waals surface area contributed by atoms with Gasteiger partial charge in [0.05, 0.1) is 11.7 Å². The van der Waals surface area contributed by atoms with Crippen molar-refractivity contribution < 1.29 is 21.9 Å². The highest BCUT2D eigenvalue weighted by molar-refractivity contribution is 8.13. The van der Waals surface area contributed by atoms with Crippen LogP contribution in [-0.4, -0.2) is 54.7 Å². The Labute approximate surface area is 216 Å². The van der Waals surface area contributed by atoms with Gasteiger partial charge in [0.1, 0.15) is 16.5 Å². The monoisotopic (exact) mass is 553 g/mol. The van der Waals surface area contributed by atoms with Crippen LogP contribution in [0.4, 0.5) is 8.78 Å². The highest BCUT2D eigenvalue weighted by Crippen LogP contribution is 2.38. The van der Waals surface area contributed by atoms with Crippen LogP contribution in [0.15, 0.2) is 64.7 Å². The number of thioether (sulfide) groups is 1. The molecule has 36 heavy (non-hydrogen) atoms. The third-order valence-electron chi connectivity index (χ3n) is 5.38. The van der Waals surface area contributed by atoms with Crippen molar-refractivity contribution in [1.82, 2.24) is 20.0 Å². The quantitative estimate of drug-likeness (QED) is 0.329. The molecule has 0 atom stereocenters. The number of likely N-dealkylation sites (tertiary alicyclic amines) is 1. The SMILES string of the molecule is C=CN/C(=N\S(=O)(=O)c1cc(F)c(Oc2ccc(Cl)cc2-c2ccnn2C2CN(C)C2)cc1F)SC. The molecule has 13 heteroatoms. The summed E-state index contributed by atoms with van der Waals surface area (Å²) < 4.78 is 66.1. The van der Waals surface area contributed by atoms with E-state index in [1.165, 1.54) is 12.3 Å². The number of rotatable bonds is 7. The second-order valence-corrected chi connectivity index (χ2v) is 10.7. The molecule has 4 rings (SSSR count). The summed E-state index contributed by atoms with van der Waals surface area (Å²) in [6.07, 6.45) is 4.43. The number of nitrogens with one attached hydrogen (secondary N) is 1. The van der Waals surface area contributed by atoms with Gasteiger partial charge in [-0.2, -0.15) is 13.5 Å². The first-order chi connectivity index (χ1) is 17.1. The molecule has 3 aromatic rings. The van der Waals surface area contributed by atoms with Gasteiger partial charge in [0, 0.05) is 42.0 Å². The van der Waals surface area contributed by atoms with Crippen LogP contribution in [0.25, 0.3) is 11.3 Å². The summed E-state index contributed by atoms with van der Waals surface area (Å²) >= 11 is 7.19. The van der Waals surface area contributed by atoms with Crippen molar-refractivity contribution in [3.63, 3.8) is 0 Å². The number of amidine groups is 1. The Morgan fingerprint density at radius 3 is 2.67 bits per heavy atom. The van der Waals surface area contributed by atoms with Crippen LogP contribution in [0.2, 0.25) is 5.02 Å². The fourth-order valence-electron chi connectivity index (χ4n) is 3.70. The molecule has 1 fully saturated rings. The third kappa shape index (κ3) is 5.41. The molecule has 0 spiro atoms. The van der Waals surface area contributed by atoms with Crippen molar-refractivity contribution in [3.05, 3.63) is 72.0 Å². The number of aromatic nitrogens is 2. The highest BCUT2D eigenvalue weighted by Gasteiger charge is 2.29. The minimum atomic E-state index is -4.55. The van der Waals surface area contributed by atoms with E-state index in [1.54, 1.807) is 30.7 Å². The summed E-state index contributed by atoms with van der Waals surface area (Å²) in [5.74, 6) is -2.60. The van der Waals surface area contributed by atoms with Gasteiger partial charge in [0.15, 0.2) is 16.7 Å². The molecule has 1 N–H and O–H groups in total. The minimum Gasteiger partial charge on any atom is -0.453 e. The number of hydrogen-bond acceptors (Lipinski definition) is 6. The Morgan fingerprint density at radius 2 is 2.00 bits per heavy atom. The van der Waals surface area contributed by atoms with E-state index in [4.69, 9.17) is 16.3 Å². The van der Waals surface area contributed by atoms with Crippen LogP contribution in [-0.2, 0) is 10.0 Å². The van der Waals surface area contributed by atoms with Gasteiger partial charge in [-0.3, -0.25) is 4.68 Å². The van der Waals surface area contributed by atoms with E-state index in [1.807, 2.05) is 11.7 Å². The molecule has 2 heterocycles. The molecule has 1 aliphatic heterocycles. The first-order valence-corrected chi connectivity index (χ1v) is 13.6. The van der Waals surface area contributed by atoms with Gasteiger partial charge < -0.3 is 15.0 Å². The summed E-state index contributed by atoms with van der Waals surface area (Å²) in [4.78, 5) is 1.21. The fourth-order valence-corrected chi connectivity index (χ4v) is 5.60. The Bertz CT molecular complexity index is 1440. The smallest absolute Gasteiger partial charge is 0.287 e. The van der Waals surface area contributed by atoms with E-state index >= 15 is 0 Å². The molecule has 0 saturated carbocycles. The lowest BCUT2D eigenvalue weighted by atomic mass is 10.1. The van der Waals surface area contributed by atoms with Gasteiger partial charge >= 0.3 is 0 Å². The van der Waals surface area contributed by atoms with Gasteiger partial charge in [0.25, 0.3) is 10.0 Å². The lowest BCUT2D eigenvalue weighted by molar-refractivity contribution is 0.132. The minimum absolute atomic E-state index is 0.0507. The number of likely N-dealkylation sites (N-methyl/N-ethyl adjacent to an activating group) is 1. The molecule has 1 aromatic heterocycles. The summed E-state index contributed by atoms with van der Waals surface area (Å²) in [5, 5.41) is 7.29. The van der Waals surface area contributed by atoms with Gasteiger partial charge in [0.2, 0.25) is 0 Å². The fraction of sp³-hybridized carbons (Fsp3) is 0.217. The summed E-state index contributed by atoms with van der Waals surface area (Å²) in [6, 6.07) is 7.87. The second-order valence-electron chi connectivity index (χ2n) is 7.92. The number of hydrogen-bond donors (Lipinski definition) is 1. The van der Waals surface area contributed by atoms with Crippen LogP contribution < -0.4 is 10.1 Å². The van der Waals surface area contributed by atoms with E-state index in [0.29, 0.717) is 28.4 Å². The van der Waals surface area contributed by atoms with Crippen LogP contribution >= 0.6 is 23.4 Å². The molecule has 0 amide bonds. The molecule has 0 aliphatic carbocycles. The van der Waals surface area contributed by atoms with E-state index in [9.17, 15) is 17.2 Å². The van der Waals surface area contributed by atoms with Crippen molar-refractivity contribution >= 4 is 38.6 Å². The molecule has 0 bridgehead atoms. The zero-order chi connectivity index (χ0) is 26.0. The molecule has 1 aliphatic rings. The number of nitrogens with zero attached hydrogens (tertiary/aromatic N) is 4. The Balaban J connectivity index is 1.70. The van der Waals surface area contributed by atoms with Crippen molar-refractivity contribution in [3.8, 4) is 22.8 Å². The number of benzene rings is 2. The highest BCUT2D eigenvalue weighted by atomic mass is 35.5. The molecule has 2 aromatic carbocycles. The first kappa shape index (κ1) is 26.1. The number of sulfonamides is 1. The average molecular weight is 554 g/mol. The normalized spacial score (nSPS) is 15.0. The van der Waals surface area contributed by atoms with E-state index < -0.39 is 32.3 Å². The van der Waals surface area contributed by atoms with Crippen LogP contribution in [0.5, 0.6) is 11.5 Å². The molecule has 0 unspecified atom stereocenters. The summed E-state index contributed by atoms with van der Waals surface area (Å²) in [7, 11) is -2.55. The zero-order valence-electron chi connectivity index (χ0n) is 19.3. The van der Waals surface area contributed by atoms with Crippen molar-refractivity contribution in [1.29, 1.82) is 0 Å². The molecular formula is C23H22ClF2N5O3S2. The summed E-state index contributed by atoms with van der Waals surface area (Å²) in [6.45, 7) is 5.04. The maximum atomic E-state index is 15.0. The van der Waals surface area contributed by atoms with Gasteiger partial charge in [-0.15, -0.1) is 4.40 Å². The summed E-state index contributed by atoms with van der Waals surface area (Å²) in [5.41, 5.74) is 1.22. The molecule has 8 nitrogen and oxygen atoms in total. The van der Waals surface area contributed by atoms with Crippen molar-refractivity contribution in [2.75, 3.05) is 26.4 Å². The van der Waals surface area contributed by atoms with Gasteiger partial charge in [-0.1, -0.05) is 29.9 Å². The van der Waals surface area contributed by atoms with Crippen molar-refractivity contribution in [2.24, 2.45) is 4.40 Å². The molecular weight excluding hydrogens is 532 g/mol. The van der Waals surface area contributed by atoms with Gasteiger partial charge in [-0.25, -0.2) is 8.78 Å². The number of ether oxygens (including phenoxy) is 1. The average Bonchev–Trinajstić information content (AvgIpc) is 3.28. The Hall–Kier alpha value is -2.93. The third-order valence-corrected chi connectivity index (χ3v) is 7.62. The lowest BCUT2D eigenvalue weighted by Gasteiger charge is -2.37. The van der Waals surface area contributed by atoms with Gasteiger partial charge in [-0.05, 0) is 43.8 Å². The molecule has 190 valence electrons. The molecule has 1 saturated heterocycles. The van der Waals surface area contributed by atoms with Crippen LogP contribution in [0.3, 0.4) is 0 Å². The maximum absolute atomic E-state index is 15.0. The topological polar surface area (TPSA) is 88.8 Å². The largest absolute Gasteiger partial charge is 0.453 e. The number of halogens is 3.